The van der Waals surface area contributed by atoms with Crippen molar-refractivity contribution >= 4 is 46.9 Å². The molecule has 2 aliphatic rings. The Morgan fingerprint density at radius 2 is 1.15 bits per heavy atom. The van der Waals surface area contributed by atoms with E-state index >= 15 is 0 Å². The fourth-order valence-corrected chi connectivity index (χ4v) is 6.41. The summed E-state index contributed by atoms with van der Waals surface area (Å²) in [6.07, 6.45) is 7.49. The van der Waals surface area contributed by atoms with Crippen molar-refractivity contribution in [3.05, 3.63) is 29.8 Å². The number of anilines is 1. The van der Waals surface area contributed by atoms with Gasteiger partial charge in [0.2, 0.25) is 0 Å². The van der Waals surface area contributed by atoms with E-state index in [4.69, 9.17) is 12.2 Å². The number of hydrogen-bond donors (Lipinski definition) is 6. The summed E-state index contributed by atoms with van der Waals surface area (Å²) in [4.78, 5) is 53.7. The minimum absolute atomic E-state index is 0.217. The molecule has 14 nitrogen and oxygen atoms in total. The number of carboxylic acids is 4. The van der Waals surface area contributed by atoms with E-state index in [1.54, 1.807) is 19.6 Å². The predicted octanol–water partition coefficient (Wildman–Crippen LogP) is 1.17. The van der Waals surface area contributed by atoms with E-state index in [0.29, 0.717) is 17.6 Å². The number of carboxylic acid groups (broad SMARTS) is 4. The topological polar surface area (TPSA) is 186 Å². The summed E-state index contributed by atoms with van der Waals surface area (Å²) in [7, 11) is 0. The van der Waals surface area contributed by atoms with Crippen LogP contribution in [0, 0.1) is 0 Å². The van der Waals surface area contributed by atoms with Gasteiger partial charge in [-0.2, -0.15) is 0 Å². The lowest BCUT2D eigenvalue weighted by atomic mass is 10.0. The largest absolute Gasteiger partial charge is 0.480 e. The summed E-state index contributed by atoms with van der Waals surface area (Å²) >= 11 is 5.55. The van der Waals surface area contributed by atoms with Crippen molar-refractivity contribution in [1.29, 1.82) is 0 Å². The summed E-state index contributed by atoms with van der Waals surface area (Å²) in [6.45, 7) is 0.560. The maximum atomic E-state index is 12.0. The second-order valence-electron chi connectivity index (χ2n) is 12.2. The van der Waals surface area contributed by atoms with Crippen molar-refractivity contribution in [2.75, 3.05) is 77.3 Å². The number of nitrogens with one attached hydrogen (secondary N) is 2. The van der Waals surface area contributed by atoms with Gasteiger partial charge in [-0.1, -0.05) is 37.8 Å². The fraction of sp³-hybridized carbons (Fsp3) is 0.645. The molecule has 256 valence electrons. The monoisotopic (exact) mass is 664 g/mol. The van der Waals surface area contributed by atoms with Gasteiger partial charge in [-0.15, -0.1) is 0 Å². The molecule has 3 rings (SSSR count). The second kappa shape index (κ2) is 19.3. The van der Waals surface area contributed by atoms with Crippen LogP contribution in [0.1, 0.15) is 44.1 Å². The van der Waals surface area contributed by atoms with Gasteiger partial charge in [-0.25, -0.2) is 0 Å². The number of thiocarbonyl (C=S) groups is 1. The number of aliphatic carboxylic acids is 4. The summed E-state index contributed by atoms with van der Waals surface area (Å²) in [5, 5.41) is 45.6. The van der Waals surface area contributed by atoms with Crippen molar-refractivity contribution in [1.82, 2.24) is 24.9 Å². The molecule has 6 N–H and O–H groups in total. The Labute approximate surface area is 275 Å². The first kappa shape index (κ1) is 37.1. The molecule has 1 aliphatic carbocycles. The van der Waals surface area contributed by atoms with Crippen LogP contribution in [0.3, 0.4) is 0 Å². The molecule has 0 aromatic heterocycles. The Kier molecular flexibility index (Phi) is 15.6. The quantitative estimate of drug-likeness (QED) is 0.138. The Morgan fingerprint density at radius 1 is 0.674 bits per heavy atom. The second-order valence-corrected chi connectivity index (χ2v) is 12.6. The van der Waals surface area contributed by atoms with E-state index in [-0.39, 0.29) is 72.0 Å². The number of rotatable bonds is 12. The zero-order valence-electron chi connectivity index (χ0n) is 26.3. The van der Waals surface area contributed by atoms with Crippen molar-refractivity contribution < 1.29 is 39.6 Å². The zero-order valence-corrected chi connectivity index (χ0v) is 27.1. The highest BCUT2D eigenvalue weighted by Gasteiger charge is 2.27. The van der Waals surface area contributed by atoms with Gasteiger partial charge in [-0.05, 0) is 49.2 Å². The third-order valence-corrected chi connectivity index (χ3v) is 8.66. The Balaban J connectivity index is 1.80. The van der Waals surface area contributed by atoms with Gasteiger partial charge >= 0.3 is 23.9 Å². The van der Waals surface area contributed by atoms with Gasteiger partial charge in [0, 0.05) is 63.6 Å². The summed E-state index contributed by atoms with van der Waals surface area (Å²) in [5.74, 6) is -4.17. The van der Waals surface area contributed by atoms with E-state index < -0.39 is 29.9 Å². The smallest absolute Gasteiger partial charge is 0.317 e. The summed E-state index contributed by atoms with van der Waals surface area (Å²) in [6, 6.07) is 7.60. The fourth-order valence-electron chi connectivity index (χ4n) is 6.13. The maximum absolute atomic E-state index is 12.0. The molecule has 1 aromatic carbocycles. The first-order chi connectivity index (χ1) is 22.0. The van der Waals surface area contributed by atoms with Crippen LogP contribution in [0.5, 0.6) is 0 Å². The molecule has 1 unspecified atom stereocenters. The van der Waals surface area contributed by atoms with Crippen molar-refractivity contribution in [2.45, 2.75) is 57.0 Å². The van der Waals surface area contributed by atoms with Crippen LogP contribution in [0.4, 0.5) is 5.69 Å². The number of benzene rings is 1. The molecule has 1 aromatic rings. The average molecular weight is 665 g/mol. The number of hydrogen-bond acceptors (Lipinski definition) is 9. The first-order valence-electron chi connectivity index (χ1n) is 15.9. The van der Waals surface area contributed by atoms with Crippen LogP contribution in [-0.4, -0.2) is 153 Å². The van der Waals surface area contributed by atoms with Crippen LogP contribution in [0.25, 0.3) is 0 Å². The molecule has 1 saturated heterocycles. The van der Waals surface area contributed by atoms with Crippen LogP contribution in [-0.2, 0) is 25.6 Å². The molecule has 0 radical (unpaired) electrons. The third-order valence-electron chi connectivity index (χ3n) is 8.44. The molecule has 1 saturated carbocycles. The minimum atomic E-state index is -1.05. The van der Waals surface area contributed by atoms with Crippen LogP contribution >= 0.6 is 12.2 Å². The normalized spacial score (nSPS) is 20.5. The molecule has 0 spiro atoms. The van der Waals surface area contributed by atoms with E-state index in [1.165, 1.54) is 25.7 Å². The molecular weight excluding hydrogens is 616 g/mol. The highest BCUT2D eigenvalue weighted by molar-refractivity contribution is 7.80. The standard InChI is InChI=1S/C31H48N6O8S/c38-27(39)19-34-11-12-35(20-28(40)41)15-16-37(22-30(44)45)26(18-36(14-13-34)21-29(42)43)17-23-7-9-25(10-8-23)33-31(46)32-24-5-3-1-2-4-6-24/h7-10,24,26H,1-6,11-22H2,(H,38,39)(H,40,41)(H,42,43)(H,44,45)(H2,32,33,46). The lowest BCUT2D eigenvalue weighted by Gasteiger charge is -2.37. The van der Waals surface area contributed by atoms with Gasteiger partial charge in [-0.3, -0.25) is 38.8 Å². The van der Waals surface area contributed by atoms with E-state index in [0.717, 1.165) is 24.1 Å². The van der Waals surface area contributed by atoms with Gasteiger partial charge in [0.05, 0.1) is 26.2 Å². The molecule has 0 amide bonds. The Bertz CT molecular complexity index is 1160. The highest BCUT2D eigenvalue weighted by atomic mass is 32.1. The highest BCUT2D eigenvalue weighted by Crippen LogP contribution is 2.19. The molecule has 0 bridgehead atoms. The lowest BCUT2D eigenvalue weighted by molar-refractivity contribution is -0.142. The number of carbonyl (C=O) groups is 4. The van der Waals surface area contributed by atoms with Crippen molar-refractivity contribution in [3.63, 3.8) is 0 Å². The molecule has 46 heavy (non-hydrogen) atoms. The van der Waals surface area contributed by atoms with Gasteiger partial charge < -0.3 is 31.1 Å². The third kappa shape index (κ3) is 14.4. The first-order valence-corrected chi connectivity index (χ1v) is 16.3. The van der Waals surface area contributed by atoms with E-state index in [2.05, 4.69) is 10.6 Å². The van der Waals surface area contributed by atoms with Crippen molar-refractivity contribution in [3.8, 4) is 0 Å². The molecule has 1 heterocycles. The Hall–Kier alpha value is -3.37. The van der Waals surface area contributed by atoms with Gasteiger partial charge in [0.1, 0.15) is 0 Å². The molecule has 1 aliphatic heterocycles. The summed E-state index contributed by atoms with van der Waals surface area (Å²) < 4.78 is 0. The zero-order chi connectivity index (χ0) is 33.5. The maximum Gasteiger partial charge on any atom is 0.317 e. The average Bonchev–Trinajstić information content (AvgIpc) is 3.23. The SMILES string of the molecule is O=C(O)CN1CCN(CC(=O)O)CCN(CC(=O)O)C(Cc2ccc(NC(=S)NC3CCCCCC3)cc2)CN(CC(=O)O)CC1. The molecule has 1 atom stereocenters. The molecule has 15 heteroatoms. The lowest BCUT2D eigenvalue weighted by Crippen LogP contribution is -2.53. The number of nitrogens with zero attached hydrogens (tertiary/aromatic N) is 4. The van der Waals surface area contributed by atoms with E-state index in [9.17, 15) is 39.6 Å². The van der Waals surface area contributed by atoms with Crippen LogP contribution in [0.15, 0.2) is 24.3 Å². The minimum Gasteiger partial charge on any atom is -0.480 e. The van der Waals surface area contributed by atoms with E-state index in [1.807, 2.05) is 24.3 Å². The van der Waals surface area contributed by atoms with Crippen LogP contribution < -0.4 is 10.6 Å². The Morgan fingerprint density at radius 3 is 1.67 bits per heavy atom. The van der Waals surface area contributed by atoms with Crippen LogP contribution in [0.2, 0.25) is 0 Å². The molecule has 2 fully saturated rings. The predicted molar refractivity (Wildman–Crippen MR) is 176 cm³/mol. The molecular formula is C31H48N6O8S. The van der Waals surface area contributed by atoms with Crippen molar-refractivity contribution in [2.24, 2.45) is 0 Å². The summed E-state index contributed by atoms with van der Waals surface area (Å²) in [5.41, 5.74) is 1.72. The van der Waals surface area contributed by atoms with Gasteiger partial charge in [0.15, 0.2) is 5.11 Å². The van der Waals surface area contributed by atoms with Gasteiger partial charge in [0.25, 0.3) is 0 Å².